The molecule has 19 heavy (non-hydrogen) atoms. The molecule has 0 saturated heterocycles. The maximum Gasteiger partial charge on any atom is 0.191 e. The van der Waals surface area contributed by atoms with Gasteiger partial charge in [0.1, 0.15) is 0 Å². The lowest BCUT2D eigenvalue weighted by molar-refractivity contribution is 0.268. The predicted molar refractivity (Wildman–Crippen MR) is 94.5 cm³/mol. The van der Waals surface area contributed by atoms with E-state index in [1.165, 1.54) is 25.8 Å². The number of aliphatic imine (C=N–C) groups is 1. The average molecular weight is 382 g/mol. The number of rotatable bonds is 7. The first kappa shape index (κ1) is 19.0. The molecule has 0 bridgehead atoms. The first-order valence-corrected chi connectivity index (χ1v) is 7.22. The lowest BCUT2D eigenvalue weighted by Crippen LogP contribution is -2.39. The predicted octanol–water partition coefficient (Wildman–Crippen LogP) is 2.30. The molecule has 0 amide bonds. The summed E-state index contributed by atoms with van der Waals surface area (Å²) in [5, 5.41) is 6.82. The summed E-state index contributed by atoms with van der Waals surface area (Å²) in [5.41, 5.74) is 0. The molecular weight excluding hydrogens is 351 g/mol. The second kappa shape index (κ2) is 9.80. The van der Waals surface area contributed by atoms with E-state index in [1.807, 2.05) is 7.05 Å². The third-order valence-corrected chi connectivity index (χ3v) is 3.77. The van der Waals surface area contributed by atoms with Crippen LogP contribution in [0.2, 0.25) is 0 Å². The summed E-state index contributed by atoms with van der Waals surface area (Å²) in [7, 11) is 4.03. The van der Waals surface area contributed by atoms with Gasteiger partial charge in [0.2, 0.25) is 0 Å². The highest BCUT2D eigenvalue weighted by atomic mass is 127. The van der Waals surface area contributed by atoms with Gasteiger partial charge in [-0.2, -0.15) is 0 Å². The molecule has 2 N–H and O–H groups in total. The number of hydrogen-bond acceptors (Lipinski definition) is 2. The summed E-state index contributed by atoms with van der Waals surface area (Å²) in [6.45, 7) is 8.92. The Hall–Kier alpha value is -0.0400. The fourth-order valence-corrected chi connectivity index (χ4v) is 1.84. The van der Waals surface area contributed by atoms with Gasteiger partial charge in [-0.15, -0.1) is 24.0 Å². The third-order valence-electron chi connectivity index (χ3n) is 3.77. The Bertz CT molecular complexity index is 268. The molecule has 5 heteroatoms. The fraction of sp³-hybridized carbons (Fsp3) is 0.929. The van der Waals surface area contributed by atoms with E-state index < -0.39 is 0 Å². The first-order chi connectivity index (χ1) is 8.54. The summed E-state index contributed by atoms with van der Waals surface area (Å²) in [4.78, 5) is 6.64. The molecule has 0 heterocycles. The number of hydrogen-bond donors (Lipinski definition) is 2. The van der Waals surface area contributed by atoms with E-state index in [9.17, 15) is 0 Å². The molecule has 0 aromatic heterocycles. The lowest BCUT2D eigenvalue weighted by atomic mass is 10.2. The Morgan fingerprint density at radius 1 is 1.37 bits per heavy atom. The van der Waals surface area contributed by atoms with Crippen LogP contribution in [0.25, 0.3) is 0 Å². The van der Waals surface area contributed by atoms with Gasteiger partial charge in [-0.3, -0.25) is 4.99 Å². The number of unbranched alkanes of at least 4 members (excludes halogenated alkanes) is 1. The Balaban J connectivity index is 0.00000324. The minimum absolute atomic E-state index is 0. The molecular formula is C14H31IN4. The second-order valence-corrected chi connectivity index (χ2v) is 5.74. The van der Waals surface area contributed by atoms with Crippen LogP contribution in [-0.4, -0.2) is 50.1 Å². The van der Waals surface area contributed by atoms with Crippen LogP contribution in [0.3, 0.4) is 0 Å². The van der Waals surface area contributed by atoms with Crippen molar-refractivity contribution in [2.24, 2.45) is 10.9 Å². The summed E-state index contributed by atoms with van der Waals surface area (Å²) < 4.78 is 0. The van der Waals surface area contributed by atoms with Gasteiger partial charge in [0.25, 0.3) is 0 Å². The van der Waals surface area contributed by atoms with Crippen molar-refractivity contribution in [1.82, 2.24) is 15.5 Å². The van der Waals surface area contributed by atoms with Crippen LogP contribution in [0.5, 0.6) is 0 Å². The maximum absolute atomic E-state index is 4.25. The van der Waals surface area contributed by atoms with Gasteiger partial charge in [-0.05, 0) is 52.6 Å². The summed E-state index contributed by atoms with van der Waals surface area (Å²) in [6, 6.07) is 1.28. The van der Waals surface area contributed by atoms with Crippen molar-refractivity contribution < 1.29 is 0 Å². The van der Waals surface area contributed by atoms with Crippen molar-refractivity contribution in [3.63, 3.8) is 0 Å². The van der Waals surface area contributed by atoms with Gasteiger partial charge in [-0.25, -0.2) is 0 Å². The highest BCUT2D eigenvalue weighted by molar-refractivity contribution is 14.0. The van der Waals surface area contributed by atoms with Gasteiger partial charge in [0, 0.05) is 25.7 Å². The highest BCUT2D eigenvalue weighted by Crippen LogP contribution is 2.28. The summed E-state index contributed by atoms with van der Waals surface area (Å²) in [6.07, 6.45) is 3.70. The molecule has 114 valence electrons. The normalized spacial score (nSPS) is 22.4. The van der Waals surface area contributed by atoms with Crippen molar-refractivity contribution in [2.75, 3.05) is 27.2 Å². The van der Waals surface area contributed by atoms with Gasteiger partial charge < -0.3 is 15.5 Å². The molecule has 2 atom stereocenters. The SMILES string of the molecule is CN=C(NCCCCN(C)C(C)C)NC1CC1C.I. The van der Waals surface area contributed by atoms with Crippen molar-refractivity contribution in [3.05, 3.63) is 0 Å². The first-order valence-electron chi connectivity index (χ1n) is 7.22. The molecule has 1 rings (SSSR count). The molecule has 0 aromatic rings. The van der Waals surface area contributed by atoms with Crippen LogP contribution < -0.4 is 10.6 Å². The van der Waals surface area contributed by atoms with Crippen LogP contribution in [-0.2, 0) is 0 Å². The molecule has 1 aliphatic rings. The van der Waals surface area contributed by atoms with E-state index in [-0.39, 0.29) is 24.0 Å². The third kappa shape index (κ3) is 7.97. The monoisotopic (exact) mass is 382 g/mol. The summed E-state index contributed by atoms with van der Waals surface area (Å²) in [5.74, 6) is 1.77. The smallest absolute Gasteiger partial charge is 0.191 e. The molecule has 1 saturated carbocycles. The zero-order chi connectivity index (χ0) is 13.5. The lowest BCUT2D eigenvalue weighted by Gasteiger charge is -2.20. The Morgan fingerprint density at radius 3 is 2.47 bits per heavy atom. The van der Waals surface area contributed by atoms with Crippen molar-refractivity contribution in [1.29, 1.82) is 0 Å². The minimum Gasteiger partial charge on any atom is -0.356 e. The van der Waals surface area contributed by atoms with Crippen molar-refractivity contribution in [2.45, 2.75) is 52.1 Å². The number of nitrogens with zero attached hydrogens (tertiary/aromatic N) is 2. The molecule has 0 spiro atoms. The Morgan fingerprint density at radius 2 is 2.00 bits per heavy atom. The Kier molecular flexibility index (Phi) is 9.78. The molecule has 0 aliphatic heterocycles. The quantitative estimate of drug-likeness (QED) is 0.307. The van der Waals surface area contributed by atoms with Gasteiger partial charge in [0.15, 0.2) is 5.96 Å². The standard InChI is InChI=1S/C14H30N4.HI/c1-11(2)18(5)9-7-6-8-16-14(15-4)17-13-10-12(13)3;/h11-13H,6-10H2,1-5H3,(H2,15,16,17);1H. The highest BCUT2D eigenvalue weighted by Gasteiger charge is 2.32. The maximum atomic E-state index is 4.25. The van der Waals surface area contributed by atoms with Crippen molar-refractivity contribution in [3.8, 4) is 0 Å². The topological polar surface area (TPSA) is 39.7 Å². The van der Waals surface area contributed by atoms with Crippen LogP contribution >= 0.6 is 24.0 Å². The van der Waals surface area contributed by atoms with E-state index in [0.717, 1.165) is 18.4 Å². The molecule has 0 aromatic carbocycles. The fourth-order valence-electron chi connectivity index (χ4n) is 1.84. The van der Waals surface area contributed by atoms with E-state index in [1.54, 1.807) is 0 Å². The van der Waals surface area contributed by atoms with Gasteiger partial charge in [0.05, 0.1) is 0 Å². The van der Waals surface area contributed by atoms with Crippen LogP contribution in [0, 0.1) is 5.92 Å². The van der Waals surface area contributed by atoms with E-state index in [2.05, 4.69) is 48.3 Å². The van der Waals surface area contributed by atoms with Gasteiger partial charge >= 0.3 is 0 Å². The zero-order valence-corrected chi connectivity index (χ0v) is 15.4. The molecule has 2 unspecified atom stereocenters. The largest absolute Gasteiger partial charge is 0.356 e. The van der Waals surface area contributed by atoms with E-state index in [4.69, 9.17) is 0 Å². The molecule has 4 nitrogen and oxygen atoms in total. The van der Waals surface area contributed by atoms with E-state index >= 15 is 0 Å². The number of nitrogens with one attached hydrogen (secondary N) is 2. The number of guanidine groups is 1. The van der Waals surface area contributed by atoms with Crippen LogP contribution in [0.15, 0.2) is 4.99 Å². The van der Waals surface area contributed by atoms with Crippen molar-refractivity contribution >= 4 is 29.9 Å². The van der Waals surface area contributed by atoms with Crippen LogP contribution in [0.1, 0.15) is 40.0 Å². The van der Waals surface area contributed by atoms with E-state index in [0.29, 0.717) is 12.1 Å². The Labute approximate surface area is 135 Å². The summed E-state index contributed by atoms with van der Waals surface area (Å²) >= 11 is 0. The second-order valence-electron chi connectivity index (χ2n) is 5.74. The minimum atomic E-state index is 0. The van der Waals surface area contributed by atoms with Gasteiger partial charge in [-0.1, -0.05) is 6.92 Å². The van der Waals surface area contributed by atoms with Crippen LogP contribution in [0.4, 0.5) is 0 Å². The molecule has 1 aliphatic carbocycles. The number of halogens is 1. The molecule has 0 radical (unpaired) electrons. The molecule has 1 fully saturated rings. The average Bonchev–Trinajstić information content (AvgIpc) is 3.02. The zero-order valence-electron chi connectivity index (χ0n) is 13.1.